The van der Waals surface area contributed by atoms with E-state index in [2.05, 4.69) is 24.5 Å². The summed E-state index contributed by atoms with van der Waals surface area (Å²) in [6.45, 7) is 9.55. The molecule has 1 saturated heterocycles. The molecule has 4 unspecified atom stereocenters. The van der Waals surface area contributed by atoms with Crippen LogP contribution in [0.1, 0.15) is 40.5 Å². The van der Waals surface area contributed by atoms with Crippen LogP contribution in [0, 0.1) is 17.3 Å². The molecule has 0 aromatic heterocycles. The van der Waals surface area contributed by atoms with E-state index in [0.29, 0.717) is 18.9 Å². The molecule has 1 aliphatic heterocycles. The Morgan fingerprint density at radius 1 is 1.45 bits per heavy atom. The highest BCUT2D eigenvalue weighted by Crippen LogP contribution is 2.51. The van der Waals surface area contributed by atoms with Gasteiger partial charge in [0.05, 0.1) is 12.2 Å². The molecule has 0 aromatic carbocycles. The van der Waals surface area contributed by atoms with Gasteiger partial charge in [0.25, 0.3) is 0 Å². The molecule has 0 aromatic rings. The largest absolute Gasteiger partial charge is 0.393 e. The van der Waals surface area contributed by atoms with E-state index >= 15 is 0 Å². The molecule has 1 saturated carbocycles. The van der Waals surface area contributed by atoms with Crippen molar-refractivity contribution in [2.75, 3.05) is 13.2 Å². The van der Waals surface area contributed by atoms with Gasteiger partial charge in [0.2, 0.25) is 0 Å². The lowest BCUT2D eigenvalue weighted by Crippen LogP contribution is -2.67. The Bertz CT molecular complexity index is 357. The summed E-state index contributed by atoms with van der Waals surface area (Å²) in [4.78, 5) is 11.9. The number of ether oxygens (including phenoxy) is 1. The topological polar surface area (TPSA) is 70.6 Å². The summed E-state index contributed by atoms with van der Waals surface area (Å²) in [6.07, 6.45) is 1.55. The third-order valence-electron chi connectivity index (χ3n) is 4.88. The summed E-state index contributed by atoms with van der Waals surface area (Å²) in [5, 5.41) is 15.6. The Morgan fingerprint density at radius 3 is 2.80 bits per heavy atom. The second kappa shape index (κ2) is 5.90. The Morgan fingerprint density at radius 2 is 2.15 bits per heavy atom. The zero-order chi connectivity index (χ0) is 14.9. The number of carbonyl (C=O) groups excluding carboxylic acids is 1. The van der Waals surface area contributed by atoms with Crippen molar-refractivity contribution in [2.45, 2.75) is 58.8 Å². The fourth-order valence-corrected chi connectivity index (χ4v) is 3.48. The number of carbonyl (C=O) groups is 1. The van der Waals surface area contributed by atoms with Gasteiger partial charge in [-0.15, -0.1) is 0 Å². The van der Waals surface area contributed by atoms with Crippen molar-refractivity contribution in [3.05, 3.63) is 0 Å². The highest BCUT2D eigenvalue weighted by Gasteiger charge is 2.59. The number of urea groups is 1. The van der Waals surface area contributed by atoms with E-state index in [9.17, 15) is 9.90 Å². The molecule has 2 amide bonds. The number of amides is 2. The zero-order valence-corrected chi connectivity index (χ0v) is 13.0. The summed E-state index contributed by atoms with van der Waals surface area (Å²) < 4.78 is 5.71. The molecule has 2 fully saturated rings. The van der Waals surface area contributed by atoms with Crippen molar-refractivity contribution in [1.29, 1.82) is 0 Å². The molecule has 0 spiro atoms. The SMILES string of the molecule is CC(C)C(O)CCNC(=O)NC1C2CCOC2C1(C)C. The molecule has 2 aliphatic rings. The quantitative estimate of drug-likeness (QED) is 0.716. The van der Waals surface area contributed by atoms with Crippen molar-refractivity contribution in [3.63, 3.8) is 0 Å². The number of rotatable bonds is 5. The van der Waals surface area contributed by atoms with E-state index in [0.717, 1.165) is 13.0 Å². The first-order chi connectivity index (χ1) is 9.34. The van der Waals surface area contributed by atoms with Gasteiger partial charge in [-0.1, -0.05) is 27.7 Å². The van der Waals surface area contributed by atoms with Crippen molar-refractivity contribution < 1.29 is 14.6 Å². The van der Waals surface area contributed by atoms with E-state index in [1.165, 1.54) is 0 Å². The van der Waals surface area contributed by atoms with Gasteiger partial charge >= 0.3 is 6.03 Å². The number of aliphatic hydroxyl groups excluding tert-OH is 1. The number of hydrogen-bond acceptors (Lipinski definition) is 3. The normalized spacial score (nSPS) is 32.4. The number of hydrogen-bond donors (Lipinski definition) is 3. The van der Waals surface area contributed by atoms with Crippen LogP contribution in [-0.4, -0.2) is 42.5 Å². The van der Waals surface area contributed by atoms with Gasteiger partial charge < -0.3 is 20.5 Å². The minimum Gasteiger partial charge on any atom is -0.393 e. The summed E-state index contributed by atoms with van der Waals surface area (Å²) >= 11 is 0. The van der Waals surface area contributed by atoms with Crippen LogP contribution in [-0.2, 0) is 4.74 Å². The van der Waals surface area contributed by atoms with Gasteiger partial charge in [-0.3, -0.25) is 0 Å². The first-order valence-electron chi connectivity index (χ1n) is 7.68. The Balaban J connectivity index is 1.72. The highest BCUT2D eigenvalue weighted by molar-refractivity contribution is 5.74. The lowest BCUT2D eigenvalue weighted by atomic mass is 9.57. The highest BCUT2D eigenvalue weighted by atomic mass is 16.5. The van der Waals surface area contributed by atoms with Crippen LogP contribution in [0.4, 0.5) is 4.79 Å². The molecule has 116 valence electrons. The predicted molar refractivity (Wildman–Crippen MR) is 77.4 cm³/mol. The maximum Gasteiger partial charge on any atom is 0.315 e. The molecule has 1 aliphatic carbocycles. The third-order valence-corrected chi connectivity index (χ3v) is 4.88. The van der Waals surface area contributed by atoms with E-state index < -0.39 is 0 Å². The van der Waals surface area contributed by atoms with Crippen LogP contribution in [0.2, 0.25) is 0 Å². The van der Waals surface area contributed by atoms with E-state index in [-0.39, 0.29) is 35.6 Å². The minimum atomic E-state index is -0.358. The second-order valence-corrected chi connectivity index (χ2v) is 7.04. The van der Waals surface area contributed by atoms with Crippen LogP contribution in [0.25, 0.3) is 0 Å². The van der Waals surface area contributed by atoms with Crippen molar-refractivity contribution >= 4 is 6.03 Å². The van der Waals surface area contributed by atoms with Gasteiger partial charge in [0.15, 0.2) is 0 Å². The maximum absolute atomic E-state index is 11.9. The Hall–Kier alpha value is -0.810. The molecule has 1 heterocycles. The molecular weight excluding hydrogens is 256 g/mol. The minimum absolute atomic E-state index is 0.00987. The molecule has 5 nitrogen and oxygen atoms in total. The molecule has 5 heteroatoms. The van der Waals surface area contributed by atoms with Crippen LogP contribution in [0.5, 0.6) is 0 Å². The number of fused-ring (bicyclic) bond motifs is 1. The van der Waals surface area contributed by atoms with E-state index in [1.54, 1.807) is 0 Å². The molecule has 4 atom stereocenters. The molecule has 2 rings (SSSR count). The summed E-state index contributed by atoms with van der Waals surface area (Å²) in [5.74, 6) is 0.679. The lowest BCUT2D eigenvalue weighted by molar-refractivity contribution is -0.108. The van der Waals surface area contributed by atoms with Crippen LogP contribution < -0.4 is 10.6 Å². The Labute approximate surface area is 121 Å². The average molecular weight is 284 g/mol. The smallest absolute Gasteiger partial charge is 0.315 e. The first-order valence-corrected chi connectivity index (χ1v) is 7.68. The molecule has 0 bridgehead atoms. The van der Waals surface area contributed by atoms with E-state index in [1.807, 2.05) is 13.8 Å². The lowest BCUT2D eigenvalue weighted by Gasteiger charge is -2.54. The molecule has 20 heavy (non-hydrogen) atoms. The van der Waals surface area contributed by atoms with Crippen molar-refractivity contribution in [2.24, 2.45) is 17.3 Å². The number of nitrogens with one attached hydrogen (secondary N) is 2. The van der Waals surface area contributed by atoms with Crippen LogP contribution in [0.3, 0.4) is 0 Å². The van der Waals surface area contributed by atoms with E-state index in [4.69, 9.17) is 4.74 Å². The molecule has 3 N–H and O–H groups in total. The molecular formula is C15H28N2O3. The predicted octanol–water partition coefficient (Wildman–Crippen LogP) is 1.51. The van der Waals surface area contributed by atoms with Gasteiger partial charge in [-0.05, 0) is 18.8 Å². The number of aliphatic hydroxyl groups is 1. The van der Waals surface area contributed by atoms with Crippen molar-refractivity contribution in [1.82, 2.24) is 10.6 Å². The fourth-order valence-electron chi connectivity index (χ4n) is 3.48. The summed E-state index contributed by atoms with van der Waals surface area (Å²) in [5.41, 5.74) is 0.00987. The van der Waals surface area contributed by atoms with Gasteiger partial charge in [0, 0.05) is 30.5 Å². The third kappa shape index (κ3) is 2.93. The summed E-state index contributed by atoms with van der Waals surface area (Å²) in [6, 6.07) is 0.0504. The van der Waals surface area contributed by atoms with Gasteiger partial charge in [0.1, 0.15) is 0 Å². The summed E-state index contributed by atoms with van der Waals surface area (Å²) in [7, 11) is 0. The second-order valence-electron chi connectivity index (χ2n) is 7.04. The maximum atomic E-state index is 11.9. The monoisotopic (exact) mass is 284 g/mol. The zero-order valence-electron chi connectivity index (χ0n) is 13.0. The average Bonchev–Trinajstić information content (AvgIpc) is 2.82. The van der Waals surface area contributed by atoms with Crippen LogP contribution >= 0.6 is 0 Å². The van der Waals surface area contributed by atoms with Crippen molar-refractivity contribution in [3.8, 4) is 0 Å². The van der Waals surface area contributed by atoms with Gasteiger partial charge in [-0.25, -0.2) is 4.79 Å². The Kier molecular flexibility index (Phi) is 4.59. The van der Waals surface area contributed by atoms with Gasteiger partial charge in [-0.2, -0.15) is 0 Å². The fraction of sp³-hybridized carbons (Fsp3) is 0.933. The standard InChI is InChI=1S/C15H28N2O3/c1-9(2)11(18)5-7-16-14(19)17-12-10-6-8-20-13(10)15(12,3)4/h9-13,18H,5-8H2,1-4H3,(H2,16,17,19). The first kappa shape index (κ1) is 15.6. The molecule has 0 radical (unpaired) electrons. The van der Waals surface area contributed by atoms with Crippen LogP contribution in [0.15, 0.2) is 0 Å².